The van der Waals surface area contributed by atoms with Crippen LogP contribution in [-0.4, -0.2) is 15.5 Å². The second-order valence-electron chi connectivity index (χ2n) is 6.41. The lowest BCUT2D eigenvalue weighted by Gasteiger charge is -2.25. The van der Waals surface area contributed by atoms with Gasteiger partial charge in [0.05, 0.1) is 22.3 Å². The minimum atomic E-state index is -0.630. The fourth-order valence-corrected chi connectivity index (χ4v) is 3.08. The summed E-state index contributed by atoms with van der Waals surface area (Å²) in [5, 5.41) is 1.96. The normalized spacial score (nSPS) is 10.6. The average Bonchev–Trinajstić information content (AvgIpc) is 2.76. The Morgan fingerprint density at radius 3 is 2.00 bits per heavy atom. The van der Waals surface area contributed by atoms with E-state index in [1.807, 2.05) is 60.7 Å². The van der Waals surface area contributed by atoms with Crippen LogP contribution in [0.3, 0.4) is 0 Å². The van der Waals surface area contributed by atoms with E-state index in [1.165, 1.54) is 0 Å². The molecule has 0 saturated carbocycles. The van der Waals surface area contributed by atoms with Gasteiger partial charge in [-0.15, -0.1) is 0 Å². The van der Waals surface area contributed by atoms with Crippen LogP contribution in [0.5, 0.6) is 0 Å². The minimum Gasteiger partial charge on any atom is -0.307 e. The van der Waals surface area contributed by atoms with Gasteiger partial charge in [-0.25, -0.2) is 4.79 Å². The number of nitrogens with zero attached hydrogens (tertiary/aromatic N) is 2. The number of rotatable bonds is 5. The molecule has 0 fully saturated rings. The highest BCUT2D eigenvalue weighted by molar-refractivity contribution is 5.81. The molecule has 0 atom stereocenters. The zero-order valence-electron chi connectivity index (χ0n) is 15.4. The van der Waals surface area contributed by atoms with E-state index < -0.39 is 23.7 Å². The van der Waals surface area contributed by atoms with Crippen LogP contribution in [-0.2, 0) is 11.3 Å². The summed E-state index contributed by atoms with van der Waals surface area (Å²) < 4.78 is 0.895. The van der Waals surface area contributed by atoms with Gasteiger partial charge < -0.3 is 4.98 Å². The highest BCUT2D eigenvalue weighted by Gasteiger charge is 2.15. The van der Waals surface area contributed by atoms with Crippen molar-refractivity contribution < 1.29 is 4.79 Å². The summed E-state index contributed by atoms with van der Waals surface area (Å²) in [6.07, 6.45) is 0. The number of anilines is 2. The lowest BCUT2D eigenvalue weighted by atomic mass is 10.2. The van der Waals surface area contributed by atoms with Crippen molar-refractivity contribution in [3.63, 3.8) is 0 Å². The largest absolute Gasteiger partial charge is 0.329 e. The highest BCUT2D eigenvalue weighted by Crippen LogP contribution is 2.22. The maximum atomic E-state index is 12.7. The van der Waals surface area contributed by atoms with Crippen LogP contribution in [0.4, 0.5) is 11.4 Å². The Kier molecular flexibility index (Phi) is 4.94. The van der Waals surface area contributed by atoms with Crippen LogP contribution < -0.4 is 21.7 Å². The molecule has 1 aromatic heterocycles. The molecule has 4 rings (SSSR count). The predicted octanol–water partition coefficient (Wildman–Crippen LogP) is 2.56. The summed E-state index contributed by atoms with van der Waals surface area (Å²) in [5.74, 6) is -0.499. The van der Waals surface area contributed by atoms with Gasteiger partial charge in [0.15, 0.2) is 0 Å². The standard InChI is InChI=1S/C22H18N4O3/c27-20(15-25-21(28)18-13-7-8-14-19(18)23-22(25)29)24-26(16-9-3-1-4-10-16)17-11-5-2-6-12-17/h1-14H,15H2,(H,23,29)(H,24,27). The van der Waals surface area contributed by atoms with Crippen molar-refractivity contribution in [2.75, 3.05) is 5.01 Å². The molecule has 0 unspecified atom stereocenters. The number of benzene rings is 3. The third-order valence-electron chi connectivity index (χ3n) is 4.46. The Balaban J connectivity index is 1.65. The van der Waals surface area contributed by atoms with Crippen LogP contribution in [0.15, 0.2) is 94.5 Å². The van der Waals surface area contributed by atoms with E-state index in [0.29, 0.717) is 10.9 Å². The second kappa shape index (κ2) is 7.85. The Morgan fingerprint density at radius 1 is 0.828 bits per heavy atom. The number of carbonyl (C=O) groups excluding carboxylic acids is 1. The monoisotopic (exact) mass is 386 g/mol. The Hall–Kier alpha value is -4.13. The number of fused-ring (bicyclic) bond motifs is 1. The summed E-state index contributed by atoms with van der Waals surface area (Å²) in [6.45, 7) is -0.408. The molecule has 0 aliphatic rings. The molecule has 0 bridgehead atoms. The Bertz CT molecular complexity index is 1220. The van der Waals surface area contributed by atoms with Crippen molar-refractivity contribution in [1.29, 1.82) is 0 Å². The zero-order valence-corrected chi connectivity index (χ0v) is 15.4. The van der Waals surface area contributed by atoms with Crippen molar-refractivity contribution >= 4 is 28.2 Å². The molecule has 144 valence electrons. The molecule has 3 aromatic carbocycles. The first kappa shape index (κ1) is 18.2. The van der Waals surface area contributed by atoms with Crippen LogP contribution in [0.2, 0.25) is 0 Å². The van der Waals surface area contributed by atoms with Crippen LogP contribution in [0, 0.1) is 0 Å². The number of hydrogen-bond acceptors (Lipinski definition) is 4. The zero-order chi connectivity index (χ0) is 20.2. The van der Waals surface area contributed by atoms with Gasteiger partial charge >= 0.3 is 5.69 Å². The van der Waals surface area contributed by atoms with Gasteiger partial charge in [-0.2, -0.15) is 0 Å². The van der Waals surface area contributed by atoms with Crippen molar-refractivity contribution in [2.24, 2.45) is 0 Å². The SMILES string of the molecule is O=C(Cn1c(=O)[nH]c2ccccc2c1=O)NN(c1ccccc1)c1ccccc1. The van der Waals surface area contributed by atoms with Gasteiger partial charge in [0.2, 0.25) is 0 Å². The summed E-state index contributed by atoms with van der Waals surface area (Å²) >= 11 is 0. The van der Waals surface area contributed by atoms with E-state index in [4.69, 9.17) is 0 Å². The first-order chi connectivity index (χ1) is 14.1. The molecule has 0 spiro atoms. The fraction of sp³-hybridized carbons (Fsp3) is 0.0455. The van der Waals surface area contributed by atoms with E-state index >= 15 is 0 Å². The lowest BCUT2D eigenvalue weighted by molar-refractivity contribution is -0.121. The molecule has 7 nitrogen and oxygen atoms in total. The number of nitrogens with one attached hydrogen (secondary N) is 2. The molecule has 2 N–H and O–H groups in total. The predicted molar refractivity (Wildman–Crippen MR) is 112 cm³/mol. The number of hydrazine groups is 1. The summed E-state index contributed by atoms with van der Waals surface area (Å²) in [7, 11) is 0. The maximum Gasteiger partial charge on any atom is 0.329 e. The number of hydrogen-bond donors (Lipinski definition) is 2. The average molecular weight is 386 g/mol. The molecule has 1 amide bonds. The first-order valence-electron chi connectivity index (χ1n) is 9.05. The molecule has 29 heavy (non-hydrogen) atoms. The molecule has 4 aromatic rings. The molecular weight excluding hydrogens is 368 g/mol. The van der Waals surface area contributed by atoms with Crippen LogP contribution >= 0.6 is 0 Å². The van der Waals surface area contributed by atoms with Crippen LogP contribution in [0.1, 0.15) is 0 Å². The summed E-state index contributed by atoms with van der Waals surface area (Å²) in [4.78, 5) is 40.4. The minimum absolute atomic E-state index is 0.350. The molecule has 0 aliphatic carbocycles. The third-order valence-corrected chi connectivity index (χ3v) is 4.46. The smallest absolute Gasteiger partial charge is 0.307 e. The van der Waals surface area contributed by atoms with Crippen molar-refractivity contribution in [3.8, 4) is 0 Å². The van der Waals surface area contributed by atoms with E-state index in [0.717, 1.165) is 15.9 Å². The molecule has 0 radical (unpaired) electrons. The van der Waals surface area contributed by atoms with Crippen LogP contribution in [0.25, 0.3) is 10.9 Å². The molecule has 1 heterocycles. The van der Waals surface area contributed by atoms with E-state index in [-0.39, 0.29) is 0 Å². The summed E-state index contributed by atoms with van der Waals surface area (Å²) in [6, 6.07) is 25.3. The van der Waals surface area contributed by atoms with Crippen molar-refractivity contribution in [2.45, 2.75) is 6.54 Å². The number of para-hydroxylation sites is 3. The molecule has 0 saturated heterocycles. The van der Waals surface area contributed by atoms with Gasteiger partial charge in [-0.3, -0.25) is 24.6 Å². The van der Waals surface area contributed by atoms with Gasteiger partial charge in [-0.1, -0.05) is 48.5 Å². The van der Waals surface area contributed by atoms with E-state index in [1.54, 1.807) is 29.3 Å². The Labute approximate surface area is 165 Å². The number of aromatic amines is 1. The second-order valence-corrected chi connectivity index (χ2v) is 6.41. The molecular formula is C22H18N4O3. The highest BCUT2D eigenvalue weighted by atomic mass is 16.2. The first-order valence-corrected chi connectivity index (χ1v) is 9.05. The van der Waals surface area contributed by atoms with Gasteiger partial charge in [-0.05, 0) is 36.4 Å². The lowest BCUT2D eigenvalue weighted by Crippen LogP contribution is -2.45. The number of H-pyrrole nitrogens is 1. The van der Waals surface area contributed by atoms with Crippen molar-refractivity contribution in [3.05, 3.63) is 106 Å². The number of carbonyl (C=O) groups is 1. The maximum absolute atomic E-state index is 12.7. The fourth-order valence-electron chi connectivity index (χ4n) is 3.08. The number of aromatic nitrogens is 2. The quantitative estimate of drug-likeness (QED) is 0.516. The van der Waals surface area contributed by atoms with Gasteiger partial charge in [0, 0.05) is 0 Å². The molecule has 7 heteroatoms. The third kappa shape index (κ3) is 3.79. The van der Waals surface area contributed by atoms with Gasteiger partial charge in [0.25, 0.3) is 11.5 Å². The van der Waals surface area contributed by atoms with Gasteiger partial charge in [0.1, 0.15) is 6.54 Å². The molecule has 0 aliphatic heterocycles. The summed E-state index contributed by atoms with van der Waals surface area (Å²) in [5.41, 5.74) is 3.57. The topological polar surface area (TPSA) is 87.2 Å². The Morgan fingerprint density at radius 2 is 1.38 bits per heavy atom. The number of amides is 1. The van der Waals surface area contributed by atoms with E-state index in [2.05, 4.69) is 10.4 Å². The van der Waals surface area contributed by atoms with Crippen molar-refractivity contribution in [1.82, 2.24) is 15.0 Å². The van der Waals surface area contributed by atoms with E-state index in [9.17, 15) is 14.4 Å².